The quantitative estimate of drug-likeness (QED) is 0.201. The fourth-order valence-electron chi connectivity index (χ4n) is 4.16. The van der Waals surface area contributed by atoms with Crippen LogP contribution in [0.1, 0.15) is 61.3 Å². The number of fused-ring (bicyclic) bond motifs is 1. The van der Waals surface area contributed by atoms with Crippen LogP contribution in [0.15, 0.2) is 78.9 Å². The van der Waals surface area contributed by atoms with E-state index < -0.39 is 0 Å². The molecule has 4 aromatic rings. The SMILES string of the molecule is CCCCCCCc1ccc(C#Cc2ccc3c(F)c(-c4ccc(C)cc4)ccc3c2)cc1. The highest BCUT2D eigenvalue weighted by atomic mass is 19.1. The molecule has 0 heterocycles. The molecule has 0 saturated heterocycles. The van der Waals surface area contributed by atoms with Gasteiger partial charge in [0.15, 0.2) is 0 Å². The van der Waals surface area contributed by atoms with Gasteiger partial charge < -0.3 is 0 Å². The molecule has 0 nitrogen and oxygen atoms in total. The molecule has 0 aliphatic carbocycles. The Morgan fingerprint density at radius 1 is 0.697 bits per heavy atom. The van der Waals surface area contributed by atoms with E-state index in [1.54, 1.807) is 0 Å². The molecule has 4 aromatic carbocycles. The highest BCUT2D eigenvalue weighted by Gasteiger charge is 2.09. The zero-order valence-electron chi connectivity index (χ0n) is 19.6. The fourth-order valence-corrected chi connectivity index (χ4v) is 4.16. The summed E-state index contributed by atoms with van der Waals surface area (Å²) in [5, 5.41) is 1.50. The van der Waals surface area contributed by atoms with Gasteiger partial charge in [-0.2, -0.15) is 0 Å². The van der Waals surface area contributed by atoms with Gasteiger partial charge in [-0.1, -0.05) is 105 Å². The van der Waals surface area contributed by atoms with Gasteiger partial charge in [0.2, 0.25) is 0 Å². The first-order valence-corrected chi connectivity index (χ1v) is 12.0. The van der Waals surface area contributed by atoms with E-state index in [0.29, 0.717) is 10.9 Å². The summed E-state index contributed by atoms with van der Waals surface area (Å²) in [5.74, 6) is 6.31. The summed E-state index contributed by atoms with van der Waals surface area (Å²) in [6.45, 7) is 4.28. The highest BCUT2D eigenvalue weighted by molar-refractivity contribution is 5.89. The maximum atomic E-state index is 15.2. The van der Waals surface area contributed by atoms with Gasteiger partial charge in [-0.25, -0.2) is 4.39 Å². The third-order valence-corrected chi connectivity index (χ3v) is 6.19. The molecule has 0 aliphatic rings. The number of aryl methyl sites for hydroxylation is 2. The van der Waals surface area contributed by atoms with E-state index >= 15 is 4.39 Å². The lowest BCUT2D eigenvalue weighted by molar-refractivity contribution is 0.632. The maximum absolute atomic E-state index is 15.2. The summed E-state index contributed by atoms with van der Waals surface area (Å²) in [4.78, 5) is 0. The zero-order valence-corrected chi connectivity index (χ0v) is 19.6. The van der Waals surface area contributed by atoms with Crippen LogP contribution in [0.2, 0.25) is 0 Å². The molecule has 0 bridgehead atoms. The van der Waals surface area contributed by atoms with E-state index in [1.165, 1.54) is 43.2 Å². The van der Waals surface area contributed by atoms with Crippen molar-refractivity contribution < 1.29 is 4.39 Å². The van der Waals surface area contributed by atoms with Crippen molar-refractivity contribution in [2.45, 2.75) is 52.4 Å². The van der Waals surface area contributed by atoms with Crippen LogP contribution in [0.5, 0.6) is 0 Å². The average molecular weight is 435 g/mol. The monoisotopic (exact) mass is 434 g/mol. The molecule has 166 valence electrons. The van der Waals surface area contributed by atoms with Crippen molar-refractivity contribution in [1.82, 2.24) is 0 Å². The third kappa shape index (κ3) is 5.91. The number of hydrogen-bond donors (Lipinski definition) is 0. The van der Waals surface area contributed by atoms with Gasteiger partial charge in [0.05, 0.1) is 0 Å². The Morgan fingerprint density at radius 2 is 1.39 bits per heavy atom. The number of unbranched alkanes of at least 4 members (excludes halogenated alkanes) is 4. The molecule has 1 heteroatoms. The molecule has 0 spiro atoms. The number of benzene rings is 4. The van der Waals surface area contributed by atoms with E-state index in [-0.39, 0.29) is 5.82 Å². The number of hydrogen-bond acceptors (Lipinski definition) is 0. The highest BCUT2D eigenvalue weighted by Crippen LogP contribution is 2.29. The van der Waals surface area contributed by atoms with E-state index in [9.17, 15) is 0 Å². The average Bonchev–Trinajstić information content (AvgIpc) is 2.84. The van der Waals surface area contributed by atoms with Gasteiger partial charge in [0, 0.05) is 22.1 Å². The first-order valence-electron chi connectivity index (χ1n) is 12.0. The fraction of sp³-hybridized carbons (Fsp3) is 0.250. The molecule has 0 radical (unpaired) electrons. The van der Waals surface area contributed by atoms with E-state index in [4.69, 9.17) is 0 Å². The van der Waals surface area contributed by atoms with Crippen LogP contribution in [0.3, 0.4) is 0 Å². The third-order valence-electron chi connectivity index (χ3n) is 6.19. The minimum absolute atomic E-state index is 0.179. The second-order valence-corrected chi connectivity index (χ2v) is 8.84. The van der Waals surface area contributed by atoms with Gasteiger partial charge >= 0.3 is 0 Å². The Hall–Kier alpha value is -3.37. The molecule has 0 amide bonds. The Balaban J connectivity index is 1.46. The van der Waals surface area contributed by atoms with Gasteiger partial charge in [-0.3, -0.25) is 0 Å². The molecule has 0 N–H and O–H groups in total. The van der Waals surface area contributed by atoms with Crippen molar-refractivity contribution in [2.24, 2.45) is 0 Å². The Morgan fingerprint density at radius 3 is 2.15 bits per heavy atom. The molecular weight excluding hydrogens is 403 g/mol. The molecule has 0 fully saturated rings. The van der Waals surface area contributed by atoms with Crippen LogP contribution in [-0.4, -0.2) is 0 Å². The largest absolute Gasteiger partial charge is 0.206 e. The second kappa shape index (κ2) is 11.0. The zero-order chi connectivity index (χ0) is 23.0. The first-order chi connectivity index (χ1) is 16.1. The maximum Gasteiger partial charge on any atom is 0.138 e. The minimum Gasteiger partial charge on any atom is -0.206 e. The van der Waals surface area contributed by atoms with Crippen LogP contribution in [0.4, 0.5) is 4.39 Å². The summed E-state index contributed by atoms with van der Waals surface area (Å²) >= 11 is 0. The predicted molar refractivity (Wildman–Crippen MR) is 139 cm³/mol. The van der Waals surface area contributed by atoms with Gasteiger partial charge in [-0.05, 0) is 60.5 Å². The lowest BCUT2D eigenvalue weighted by Gasteiger charge is -2.08. The van der Waals surface area contributed by atoms with Gasteiger partial charge in [0.1, 0.15) is 5.82 Å². The summed E-state index contributed by atoms with van der Waals surface area (Å²) < 4.78 is 15.2. The standard InChI is InChI=1S/C32H31F/c1-3-4-5-6-7-8-25-11-13-26(14-12-25)15-16-27-17-21-31-29(23-27)20-22-30(32(31)33)28-18-9-24(2)10-19-28/h9-14,17-23H,3-8H2,1-2H3. The molecule has 33 heavy (non-hydrogen) atoms. The topological polar surface area (TPSA) is 0 Å². The van der Waals surface area contributed by atoms with Crippen molar-refractivity contribution in [3.63, 3.8) is 0 Å². The molecule has 0 atom stereocenters. The molecule has 4 rings (SSSR count). The van der Waals surface area contributed by atoms with Crippen LogP contribution in [-0.2, 0) is 6.42 Å². The predicted octanol–water partition coefficient (Wildman–Crippen LogP) is 8.87. The smallest absolute Gasteiger partial charge is 0.138 e. The normalized spacial score (nSPS) is 10.8. The first kappa shape index (κ1) is 22.8. The van der Waals surface area contributed by atoms with Crippen LogP contribution in [0.25, 0.3) is 21.9 Å². The van der Waals surface area contributed by atoms with Gasteiger partial charge in [0.25, 0.3) is 0 Å². The Kier molecular flexibility index (Phi) is 7.59. The number of halogens is 1. The van der Waals surface area contributed by atoms with Crippen LogP contribution in [0, 0.1) is 24.6 Å². The van der Waals surface area contributed by atoms with Crippen molar-refractivity contribution in [3.8, 4) is 23.0 Å². The Bertz CT molecular complexity index is 1270. The second-order valence-electron chi connectivity index (χ2n) is 8.84. The summed E-state index contributed by atoms with van der Waals surface area (Å²) in [6, 6.07) is 26.1. The molecule has 0 aromatic heterocycles. The van der Waals surface area contributed by atoms with Crippen molar-refractivity contribution in [2.75, 3.05) is 0 Å². The lowest BCUT2D eigenvalue weighted by Crippen LogP contribution is -1.88. The van der Waals surface area contributed by atoms with Crippen LogP contribution >= 0.6 is 0 Å². The van der Waals surface area contributed by atoms with Crippen molar-refractivity contribution in [3.05, 3.63) is 107 Å². The van der Waals surface area contributed by atoms with E-state index in [1.807, 2.05) is 61.5 Å². The van der Waals surface area contributed by atoms with Crippen LogP contribution < -0.4 is 0 Å². The van der Waals surface area contributed by atoms with E-state index in [0.717, 1.165) is 28.5 Å². The summed E-state index contributed by atoms with van der Waals surface area (Å²) in [7, 11) is 0. The van der Waals surface area contributed by atoms with Crippen molar-refractivity contribution in [1.29, 1.82) is 0 Å². The van der Waals surface area contributed by atoms with Gasteiger partial charge in [-0.15, -0.1) is 0 Å². The molecular formula is C32H31F. The molecule has 0 saturated carbocycles. The summed E-state index contributed by atoms with van der Waals surface area (Å²) in [5.41, 5.74) is 5.97. The lowest BCUT2D eigenvalue weighted by atomic mass is 9.98. The van der Waals surface area contributed by atoms with E-state index in [2.05, 4.69) is 43.0 Å². The molecule has 0 unspecified atom stereocenters. The minimum atomic E-state index is -0.179. The Labute approximate surface area is 197 Å². The summed E-state index contributed by atoms with van der Waals surface area (Å²) in [6.07, 6.45) is 7.66. The van der Waals surface area contributed by atoms with Crippen molar-refractivity contribution >= 4 is 10.8 Å². The number of rotatable bonds is 7. The molecule has 0 aliphatic heterocycles.